The first-order valence-electron chi connectivity index (χ1n) is 8.90. The van der Waals surface area contributed by atoms with Crippen molar-refractivity contribution in [3.05, 3.63) is 0 Å². The Balaban J connectivity index is 0. The number of carbonyl (C=O) groups excluding carboxylic acids is 2. The fraction of sp³-hybridized carbons (Fsp3) is 0.889. The van der Waals surface area contributed by atoms with Crippen LogP contribution >= 0.6 is 0 Å². The first-order chi connectivity index (χ1) is 10.5. The minimum atomic E-state index is -1.53. The first kappa shape index (κ1) is 25.0. The zero-order chi connectivity index (χ0) is 16.8. The molecule has 0 fully saturated rings. The minimum absolute atomic E-state index is 0. The van der Waals surface area contributed by atoms with Gasteiger partial charge in [0.1, 0.15) is 0 Å². The van der Waals surface area contributed by atoms with Gasteiger partial charge < -0.3 is 19.8 Å². The van der Waals surface area contributed by atoms with E-state index in [0.29, 0.717) is 0 Å². The molecule has 5 heteroatoms. The van der Waals surface area contributed by atoms with Crippen molar-refractivity contribution in [1.29, 1.82) is 0 Å². The second kappa shape index (κ2) is 16.6. The van der Waals surface area contributed by atoms with Crippen LogP contribution in [0.1, 0.15) is 90.9 Å². The van der Waals surface area contributed by atoms with Crippen LogP contribution in [0.25, 0.3) is 0 Å². The molecule has 23 heavy (non-hydrogen) atoms. The van der Waals surface area contributed by atoms with Gasteiger partial charge in [0, 0.05) is 5.92 Å². The van der Waals surface area contributed by atoms with Crippen LogP contribution < -0.4 is 10.2 Å². The molecule has 0 aromatic heterocycles. The molecule has 0 saturated heterocycles. The standard InChI is InChI=1S/C18H34O4.Mg/c1-3-4-5-6-7-8-9-10-11-12-13-15(2)14-16(17(19)20)18(21)22;/h15-16H,3-14H2,1-2H3,(H,19,20)(H,21,22);/q;+2/p-2. The van der Waals surface area contributed by atoms with Crippen LogP contribution in [-0.2, 0) is 9.59 Å². The summed E-state index contributed by atoms with van der Waals surface area (Å²) in [5.41, 5.74) is 0. The van der Waals surface area contributed by atoms with E-state index in [1.54, 1.807) is 0 Å². The van der Waals surface area contributed by atoms with Crippen molar-refractivity contribution in [2.24, 2.45) is 11.8 Å². The fourth-order valence-electron chi connectivity index (χ4n) is 2.79. The molecule has 0 saturated carbocycles. The first-order valence-corrected chi connectivity index (χ1v) is 8.90. The Hall–Kier alpha value is -0.294. The van der Waals surface area contributed by atoms with Gasteiger partial charge in [-0.1, -0.05) is 84.5 Å². The van der Waals surface area contributed by atoms with Crippen LogP contribution in [0.5, 0.6) is 0 Å². The molecule has 0 rings (SSSR count). The summed E-state index contributed by atoms with van der Waals surface area (Å²) >= 11 is 0. The molecule has 0 aromatic carbocycles. The summed E-state index contributed by atoms with van der Waals surface area (Å²) in [5.74, 6) is -4.46. The smallest absolute Gasteiger partial charge is 0.549 e. The number of carboxylic acids is 2. The maximum atomic E-state index is 10.7. The predicted octanol–water partition coefficient (Wildman–Crippen LogP) is 2.06. The van der Waals surface area contributed by atoms with Crippen molar-refractivity contribution < 1.29 is 19.8 Å². The molecule has 0 aromatic rings. The van der Waals surface area contributed by atoms with Crippen molar-refractivity contribution in [1.82, 2.24) is 0 Å². The Bertz CT molecular complexity index is 293. The summed E-state index contributed by atoms with van der Waals surface area (Å²) in [5, 5.41) is 21.4. The van der Waals surface area contributed by atoms with Crippen LogP contribution in [-0.4, -0.2) is 35.0 Å². The Morgan fingerprint density at radius 3 is 1.57 bits per heavy atom. The van der Waals surface area contributed by atoms with Gasteiger partial charge in [-0.2, -0.15) is 0 Å². The Labute approximate surface area is 157 Å². The van der Waals surface area contributed by atoms with Gasteiger partial charge in [-0.3, -0.25) is 0 Å². The molecule has 0 amide bonds. The second-order valence-electron chi connectivity index (χ2n) is 6.50. The quantitative estimate of drug-likeness (QED) is 0.260. The van der Waals surface area contributed by atoms with Crippen LogP contribution in [0.15, 0.2) is 0 Å². The van der Waals surface area contributed by atoms with E-state index in [1.807, 2.05) is 6.92 Å². The number of carboxylic acid groups (broad SMARTS) is 2. The molecule has 130 valence electrons. The SMILES string of the molecule is CCCCCCCCCCCCC(C)CC(C(=O)[O-])C(=O)[O-].[Mg+2]. The summed E-state index contributed by atoms with van der Waals surface area (Å²) in [6.07, 6.45) is 13.6. The maximum Gasteiger partial charge on any atom is 2.00 e. The average molecular weight is 337 g/mol. The Morgan fingerprint density at radius 1 is 0.783 bits per heavy atom. The molecule has 1 unspecified atom stereocenters. The third kappa shape index (κ3) is 15.0. The van der Waals surface area contributed by atoms with Gasteiger partial charge in [-0.15, -0.1) is 0 Å². The van der Waals surface area contributed by atoms with Crippen molar-refractivity contribution >= 4 is 35.0 Å². The summed E-state index contributed by atoms with van der Waals surface area (Å²) in [6, 6.07) is 0. The van der Waals surface area contributed by atoms with Gasteiger partial charge in [-0.25, -0.2) is 0 Å². The minimum Gasteiger partial charge on any atom is -0.549 e. The number of hydrogen-bond acceptors (Lipinski definition) is 4. The molecule has 0 heterocycles. The van der Waals surface area contributed by atoms with E-state index in [2.05, 4.69) is 6.92 Å². The molecule has 4 nitrogen and oxygen atoms in total. The molecule has 0 aliphatic rings. The van der Waals surface area contributed by atoms with E-state index in [1.165, 1.54) is 51.4 Å². The normalized spacial score (nSPS) is 12.0. The molecular weight excluding hydrogens is 304 g/mol. The number of hydrogen-bond donors (Lipinski definition) is 0. The van der Waals surface area contributed by atoms with Gasteiger partial charge in [0.2, 0.25) is 0 Å². The molecule has 1 atom stereocenters. The number of carbonyl (C=O) groups is 2. The largest absolute Gasteiger partial charge is 2.00 e. The second-order valence-corrected chi connectivity index (χ2v) is 6.50. The Kier molecular flexibility index (Phi) is 18.0. The topological polar surface area (TPSA) is 80.3 Å². The third-order valence-corrected chi connectivity index (χ3v) is 4.26. The van der Waals surface area contributed by atoms with Crippen LogP contribution in [0, 0.1) is 11.8 Å². The maximum absolute atomic E-state index is 10.7. The number of aliphatic carboxylic acids is 2. The summed E-state index contributed by atoms with van der Waals surface area (Å²) in [6.45, 7) is 4.12. The molecule has 0 aliphatic heterocycles. The third-order valence-electron chi connectivity index (χ3n) is 4.26. The van der Waals surface area contributed by atoms with E-state index in [9.17, 15) is 19.8 Å². The van der Waals surface area contributed by atoms with Crippen LogP contribution in [0.2, 0.25) is 0 Å². The predicted molar refractivity (Wildman–Crippen MR) is 89.5 cm³/mol. The van der Waals surface area contributed by atoms with Gasteiger partial charge in [0.15, 0.2) is 0 Å². The van der Waals surface area contributed by atoms with E-state index >= 15 is 0 Å². The van der Waals surface area contributed by atoms with Crippen LogP contribution in [0.3, 0.4) is 0 Å². The molecule has 0 bridgehead atoms. The number of unbranched alkanes of at least 4 members (excludes halogenated alkanes) is 9. The van der Waals surface area contributed by atoms with Gasteiger partial charge in [0.25, 0.3) is 0 Å². The molecule has 0 aliphatic carbocycles. The van der Waals surface area contributed by atoms with Gasteiger partial charge in [-0.05, 0) is 12.3 Å². The van der Waals surface area contributed by atoms with E-state index in [-0.39, 0.29) is 35.4 Å². The molecule has 0 spiro atoms. The zero-order valence-corrected chi connectivity index (χ0v) is 16.4. The average Bonchev–Trinajstić information content (AvgIpc) is 2.46. The summed E-state index contributed by atoms with van der Waals surface area (Å²) < 4.78 is 0. The monoisotopic (exact) mass is 336 g/mol. The van der Waals surface area contributed by atoms with Crippen molar-refractivity contribution in [3.63, 3.8) is 0 Å². The molecule has 0 radical (unpaired) electrons. The molecule has 0 N–H and O–H groups in total. The van der Waals surface area contributed by atoms with E-state index in [4.69, 9.17) is 0 Å². The van der Waals surface area contributed by atoms with Crippen molar-refractivity contribution in [3.8, 4) is 0 Å². The molecular formula is C18H32MgO4. The fourth-order valence-corrected chi connectivity index (χ4v) is 2.79. The summed E-state index contributed by atoms with van der Waals surface area (Å²) in [7, 11) is 0. The zero-order valence-electron chi connectivity index (χ0n) is 15.0. The summed E-state index contributed by atoms with van der Waals surface area (Å²) in [4.78, 5) is 21.4. The van der Waals surface area contributed by atoms with Gasteiger partial charge >= 0.3 is 23.1 Å². The van der Waals surface area contributed by atoms with Gasteiger partial charge in [0.05, 0.1) is 11.9 Å². The van der Waals surface area contributed by atoms with Crippen molar-refractivity contribution in [2.75, 3.05) is 0 Å². The van der Waals surface area contributed by atoms with E-state index in [0.717, 1.165) is 19.3 Å². The Morgan fingerprint density at radius 2 is 1.17 bits per heavy atom. The van der Waals surface area contributed by atoms with Crippen LogP contribution in [0.4, 0.5) is 0 Å². The van der Waals surface area contributed by atoms with E-state index < -0.39 is 17.9 Å². The van der Waals surface area contributed by atoms with Crippen molar-refractivity contribution in [2.45, 2.75) is 90.9 Å². The number of rotatable bonds is 15.